The topological polar surface area (TPSA) is 96.0 Å². The summed E-state index contributed by atoms with van der Waals surface area (Å²) in [6, 6.07) is 28.4. The van der Waals surface area contributed by atoms with Crippen molar-refractivity contribution in [3.05, 3.63) is 125 Å². The van der Waals surface area contributed by atoms with Crippen LogP contribution in [-0.4, -0.2) is 51.4 Å². The van der Waals surface area contributed by atoms with Gasteiger partial charge in [0.05, 0.1) is 23.7 Å². The summed E-state index contributed by atoms with van der Waals surface area (Å²) in [6.45, 7) is 5.27. The second-order valence-electron chi connectivity index (χ2n) is 11.8. The Hall–Kier alpha value is -4.63. The first-order chi connectivity index (χ1) is 21.7. The van der Waals surface area contributed by atoms with Crippen molar-refractivity contribution in [3.63, 3.8) is 0 Å². The predicted octanol–water partition coefficient (Wildman–Crippen LogP) is 5.71. The molecule has 2 amide bonds. The highest BCUT2D eigenvalue weighted by molar-refractivity contribution is 7.92. The lowest BCUT2D eigenvalue weighted by atomic mass is 9.69. The molecule has 45 heavy (non-hydrogen) atoms. The van der Waals surface area contributed by atoms with E-state index in [1.807, 2.05) is 79.4 Å². The number of nitrogens with one attached hydrogen (secondary N) is 1. The molecule has 2 aliphatic rings. The summed E-state index contributed by atoms with van der Waals surface area (Å²) in [4.78, 5) is 28.7. The molecule has 1 saturated heterocycles. The van der Waals surface area contributed by atoms with E-state index in [0.717, 1.165) is 16.7 Å². The van der Waals surface area contributed by atoms with Crippen LogP contribution in [0.1, 0.15) is 57.2 Å². The lowest BCUT2D eigenvalue weighted by Gasteiger charge is -2.43. The summed E-state index contributed by atoms with van der Waals surface area (Å²) in [5.41, 5.74) is 4.03. The molecule has 0 radical (unpaired) electrons. The van der Waals surface area contributed by atoms with Gasteiger partial charge in [-0.15, -0.1) is 0 Å². The standard InChI is InChI=1S/C36H37N3O5S/c1-25-9-7-8-12-29(25)24-37-34(40)28-13-18-33-32(23-28)36(19-21-38(22-20-36)35(41)27-10-5-4-6-11-27)26(2)39(33)45(42,43)31-16-14-30(44-3)15-17-31/h4-18,23,26H,19-22,24H2,1-3H3,(H,37,40). The first kappa shape index (κ1) is 30.4. The summed E-state index contributed by atoms with van der Waals surface area (Å²) in [7, 11) is -2.42. The van der Waals surface area contributed by atoms with Gasteiger partial charge >= 0.3 is 0 Å². The number of fused-ring (bicyclic) bond motifs is 2. The minimum atomic E-state index is -3.96. The molecule has 1 atom stereocenters. The van der Waals surface area contributed by atoms with E-state index in [9.17, 15) is 18.0 Å². The molecule has 1 fully saturated rings. The number of aryl methyl sites for hydroxylation is 1. The Bertz CT molecular complexity index is 1830. The van der Waals surface area contributed by atoms with Crippen LogP contribution < -0.4 is 14.4 Å². The molecule has 4 aromatic carbocycles. The summed E-state index contributed by atoms with van der Waals surface area (Å²) in [6.07, 6.45) is 1.12. The van der Waals surface area contributed by atoms with Crippen LogP contribution in [0.15, 0.2) is 102 Å². The number of methoxy groups -OCH3 is 1. The predicted molar refractivity (Wildman–Crippen MR) is 174 cm³/mol. The molecular formula is C36H37N3O5S. The number of nitrogens with zero attached hydrogens (tertiary/aromatic N) is 2. The lowest BCUT2D eigenvalue weighted by Crippen LogP contribution is -2.52. The van der Waals surface area contributed by atoms with Crippen molar-refractivity contribution in [2.45, 2.75) is 49.6 Å². The number of carbonyl (C=O) groups is 2. The van der Waals surface area contributed by atoms with Gasteiger partial charge in [-0.2, -0.15) is 0 Å². The van der Waals surface area contributed by atoms with E-state index in [0.29, 0.717) is 55.0 Å². The quantitative estimate of drug-likeness (QED) is 0.285. The van der Waals surface area contributed by atoms with Gasteiger partial charge in [0.15, 0.2) is 0 Å². The minimum absolute atomic E-state index is 0.0385. The largest absolute Gasteiger partial charge is 0.497 e. The molecule has 4 aromatic rings. The van der Waals surface area contributed by atoms with Crippen molar-refractivity contribution in [3.8, 4) is 5.75 Å². The molecule has 0 aromatic heterocycles. The van der Waals surface area contributed by atoms with Crippen molar-refractivity contribution in [2.75, 3.05) is 24.5 Å². The molecule has 8 nitrogen and oxygen atoms in total. The number of benzene rings is 4. The molecule has 2 heterocycles. The number of sulfonamides is 1. The summed E-state index contributed by atoms with van der Waals surface area (Å²) in [5.74, 6) is 0.303. The van der Waals surface area contributed by atoms with E-state index in [-0.39, 0.29) is 16.7 Å². The van der Waals surface area contributed by atoms with Crippen LogP contribution in [0, 0.1) is 6.92 Å². The normalized spacial score (nSPS) is 17.2. The molecule has 232 valence electrons. The van der Waals surface area contributed by atoms with E-state index in [4.69, 9.17) is 4.74 Å². The molecular weight excluding hydrogens is 586 g/mol. The van der Waals surface area contributed by atoms with Gasteiger partial charge < -0.3 is 15.0 Å². The maximum Gasteiger partial charge on any atom is 0.264 e. The van der Waals surface area contributed by atoms with Crippen molar-refractivity contribution in [2.24, 2.45) is 0 Å². The summed E-state index contributed by atoms with van der Waals surface area (Å²) >= 11 is 0. The highest BCUT2D eigenvalue weighted by Gasteiger charge is 2.54. The fourth-order valence-corrected chi connectivity index (χ4v) is 8.51. The SMILES string of the molecule is COc1ccc(S(=O)(=O)N2c3ccc(C(=O)NCc4ccccc4C)cc3C3(CCN(C(=O)c4ccccc4)CC3)C2C)cc1. The van der Waals surface area contributed by atoms with Gasteiger partial charge in [-0.05, 0) is 98.0 Å². The number of hydrogen-bond donors (Lipinski definition) is 1. The summed E-state index contributed by atoms with van der Waals surface area (Å²) < 4.78 is 35.2. The first-order valence-corrected chi connectivity index (χ1v) is 16.6. The average molecular weight is 624 g/mol. The van der Waals surface area contributed by atoms with E-state index in [1.165, 1.54) is 11.4 Å². The van der Waals surface area contributed by atoms with E-state index in [1.54, 1.807) is 36.4 Å². The van der Waals surface area contributed by atoms with E-state index < -0.39 is 21.5 Å². The van der Waals surface area contributed by atoms with Crippen molar-refractivity contribution < 1.29 is 22.7 Å². The Morgan fingerprint density at radius 1 is 0.889 bits per heavy atom. The molecule has 0 saturated carbocycles. The van der Waals surface area contributed by atoms with E-state index in [2.05, 4.69) is 5.32 Å². The van der Waals surface area contributed by atoms with Crippen LogP contribution in [-0.2, 0) is 22.0 Å². The highest BCUT2D eigenvalue weighted by atomic mass is 32.2. The van der Waals surface area contributed by atoms with Crippen molar-refractivity contribution in [1.82, 2.24) is 10.2 Å². The Kier molecular flexibility index (Phi) is 8.14. The number of carbonyl (C=O) groups excluding carboxylic acids is 2. The molecule has 6 rings (SSSR count). The highest BCUT2D eigenvalue weighted by Crippen LogP contribution is 2.53. The zero-order valence-electron chi connectivity index (χ0n) is 25.7. The molecule has 2 aliphatic heterocycles. The Labute approximate surface area is 264 Å². The number of likely N-dealkylation sites (tertiary alicyclic amines) is 1. The van der Waals surface area contributed by atoms with Gasteiger partial charge in [0.1, 0.15) is 5.75 Å². The lowest BCUT2D eigenvalue weighted by molar-refractivity contribution is 0.0657. The molecule has 0 aliphatic carbocycles. The van der Waals surface area contributed by atoms with Gasteiger partial charge in [0.25, 0.3) is 21.8 Å². The van der Waals surface area contributed by atoms with Crippen LogP contribution >= 0.6 is 0 Å². The maximum absolute atomic E-state index is 14.2. The third-order valence-electron chi connectivity index (χ3n) is 9.46. The third kappa shape index (κ3) is 5.46. The van der Waals surface area contributed by atoms with Crippen LogP contribution in [0.4, 0.5) is 5.69 Å². The molecule has 1 spiro atoms. The van der Waals surface area contributed by atoms with Crippen LogP contribution in [0.25, 0.3) is 0 Å². The van der Waals surface area contributed by atoms with Crippen molar-refractivity contribution >= 4 is 27.5 Å². The first-order valence-electron chi connectivity index (χ1n) is 15.2. The zero-order chi connectivity index (χ0) is 31.8. The number of amides is 2. The number of ether oxygens (including phenoxy) is 1. The fraction of sp³-hybridized carbons (Fsp3) is 0.278. The van der Waals surface area contributed by atoms with Gasteiger partial charge in [-0.1, -0.05) is 42.5 Å². The Morgan fingerprint density at radius 3 is 2.22 bits per heavy atom. The van der Waals surface area contributed by atoms with E-state index >= 15 is 0 Å². The number of piperidine rings is 1. The molecule has 9 heteroatoms. The molecule has 1 unspecified atom stereocenters. The Balaban J connectivity index is 1.35. The second kappa shape index (κ2) is 12.0. The molecule has 1 N–H and O–H groups in total. The fourth-order valence-electron chi connectivity index (χ4n) is 6.77. The summed E-state index contributed by atoms with van der Waals surface area (Å²) in [5, 5.41) is 3.03. The second-order valence-corrected chi connectivity index (χ2v) is 13.6. The van der Waals surface area contributed by atoms with Crippen LogP contribution in [0.2, 0.25) is 0 Å². The monoisotopic (exact) mass is 623 g/mol. The van der Waals surface area contributed by atoms with Crippen molar-refractivity contribution in [1.29, 1.82) is 0 Å². The van der Waals surface area contributed by atoms with Crippen LogP contribution in [0.5, 0.6) is 5.75 Å². The number of hydrogen-bond acceptors (Lipinski definition) is 5. The maximum atomic E-state index is 14.2. The van der Waals surface area contributed by atoms with Gasteiger partial charge in [-0.25, -0.2) is 8.42 Å². The van der Waals surface area contributed by atoms with Gasteiger partial charge in [0.2, 0.25) is 0 Å². The van der Waals surface area contributed by atoms with Gasteiger partial charge in [-0.3, -0.25) is 13.9 Å². The molecule has 0 bridgehead atoms. The third-order valence-corrected chi connectivity index (χ3v) is 11.4. The average Bonchev–Trinajstić information content (AvgIpc) is 3.31. The van der Waals surface area contributed by atoms with Gasteiger partial charge in [0, 0.05) is 36.2 Å². The van der Waals surface area contributed by atoms with Crippen LogP contribution in [0.3, 0.4) is 0 Å². The minimum Gasteiger partial charge on any atom is -0.497 e. The number of anilines is 1. The Morgan fingerprint density at radius 2 is 1.56 bits per heavy atom. The number of rotatable bonds is 7. The zero-order valence-corrected chi connectivity index (χ0v) is 26.5. The smallest absolute Gasteiger partial charge is 0.264 e.